The Morgan fingerprint density at radius 1 is 1.26 bits per heavy atom. The van der Waals surface area contributed by atoms with Gasteiger partial charge < -0.3 is 15.2 Å². The SMILES string of the molecule is CC[C@@H]1OCC[C@H]1C(=O)N[C@@H]1C[C@H](C(=O)O)[C@H]2C[C@H]21. The van der Waals surface area contributed by atoms with Crippen molar-refractivity contribution in [3.05, 3.63) is 0 Å². The van der Waals surface area contributed by atoms with Crippen molar-refractivity contribution in [1.82, 2.24) is 5.32 Å². The first-order valence-corrected chi connectivity index (χ1v) is 7.26. The third kappa shape index (κ3) is 2.24. The van der Waals surface area contributed by atoms with Crippen molar-refractivity contribution in [2.75, 3.05) is 6.61 Å². The van der Waals surface area contributed by atoms with E-state index in [9.17, 15) is 9.59 Å². The van der Waals surface area contributed by atoms with Gasteiger partial charge in [-0.15, -0.1) is 0 Å². The molecule has 3 aliphatic rings. The van der Waals surface area contributed by atoms with Crippen LogP contribution in [0.4, 0.5) is 0 Å². The molecule has 0 spiro atoms. The van der Waals surface area contributed by atoms with Crippen molar-refractivity contribution in [1.29, 1.82) is 0 Å². The Kier molecular flexibility index (Phi) is 3.25. The molecule has 3 fully saturated rings. The Labute approximate surface area is 112 Å². The standard InChI is InChI=1S/C14H21NO4/c1-2-12-7(3-4-19-12)13(16)15-11-6-10(14(17)18)8-5-9(8)11/h7-12H,2-6H2,1H3,(H,15,16)(H,17,18)/t7-,8+,9-,10+,11-,12+/m1/s1. The summed E-state index contributed by atoms with van der Waals surface area (Å²) in [6.07, 6.45) is 3.23. The molecule has 2 N–H and O–H groups in total. The van der Waals surface area contributed by atoms with Gasteiger partial charge in [0.05, 0.1) is 17.9 Å². The van der Waals surface area contributed by atoms with Crippen LogP contribution < -0.4 is 5.32 Å². The Hall–Kier alpha value is -1.10. The van der Waals surface area contributed by atoms with E-state index in [2.05, 4.69) is 5.32 Å². The normalized spacial score (nSPS) is 43.8. The molecule has 0 aromatic carbocycles. The maximum Gasteiger partial charge on any atom is 0.306 e. The molecule has 3 rings (SSSR count). The van der Waals surface area contributed by atoms with Crippen LogP contribution in [-0.4, -0.2) is 35.7 Å². The van der Waals surface area contributed by atoms with E-state index in [1.54, 1.807) is 0 Å². The predicted octanol–water partition coefficient (Wildman–Crippen LogP) is 1.03. The van der Waals surface area contributed by atoms with Crippen LogP contribution in [0.15, 0.2) is 0 Å². The highest BCUT2D eigenvalue weighted by Gasteiger charge is 2.57. The minimum Gasteiger partial charge on any atom is -0.481 e. The van der Waals surface area contributed by atoms with E-state index in [0.717, 1.165) is 19.3 Å². The minimum atomic E-state index is -0.708. The number of aliphatic carboxylic acids is 1. The van der Waals surface area contributed by atoms with Crippen molar-refractivity contribution in [2.45, 2.75) is 44.8 Å². The third-order valence-corrected chi connectivity index (χ3v) is 5.03. The topological polar surface area (TPSA) is 75.6 Å². The monoisotopic (exact) mass is 267 g/mol. The van der Waals surface area contributed by atoms with Gasteiger partial charge in [0.1, 0.15) is 0 Å². The van der Waals surface area contributed by atoms with Crippen LogP contribution in [0.1, 0.15) is 32.6 Å². The van der Waals surface area contributed by atoms with Crippen molar-refractivity contribution < 1.29 is 19.4 Å². The van der Waals surface area contributed by atoms with Crippen LogP contribution in [0, 0.1) is 23.7 Å². The van der Waals surface area contributed by atoms with Gasteiger partial charge in [-0.05, 0) is 37.5 Å². The van der Waals surface area contributed by atoms with Crippen LogP contribution in [0.25, 0.3) is 0 Å². The second-order valence-corrected chi connectivity index (χ2v) is 6.07. The molecule has 1 amide bonds. The Morgan fingerprint density at radius 2 is 2.05 bits per heavy atom. The summed E-state index contributed by atoms with van der Waals surface area (Å²) in [6.45, 7) is 2.69. The van der Waals surface area contributed by atoms with E-state index in [1.807, 2.05) is 6.92 Å². The number of hydrogen-bond acceptors (Lipinski definition) is 3. The highest BCUT2D eigenvalue weighted by molar-refractivity contribution is 5.80. The minimum absolute atomic E-state index is 0.0340. The maximum atomic E-state index is 12.3. The van der Waals surface area contributed by atoms with Gasteiger partial charge in [-0.25, -0.2) is 0 Å². The molecule has 6 atom stereocenters. The van der Waals surface area contributed by atoms with Crippen LogP contribution in [-0.2, 0) is 14.3 Å². The van der Waals surface area contributed by atoms with E-state index in [4.69, 9.17) is 9.84 Å². The summed E-state index contributed by atoms with van der Waals surface area (Å²) < 4.78 is 5.54. The second kappa shape index (κ2) is 4.78. The average molecular weight is 267 g/mol. The lowest BCUT2D eigenvalue weighted by Gasteiger charge is -2.21. The first kappa shape index (κ1) is 12.9. The fraction of sp³-hybridized carbons (Fsp3) is 0.857. The summed E-state index contributed by atoms with van der Waals surface area (Å²) >= 11 is 0. The largest absolute Gasteiger partial charge is 0.481 e. The molecule has 0 radical (unpaired) electrons. The molecule has 5 heteroatoms. The molecule has 0 unspecified atom stereocenters. The third-order valence-electron chi connectivity index (χ3n) is 5.03. The fourth-order valence-electron chi connectivity index (χ4n) is 3.87. The molecule has 1 aliphatic heterocycles. The van der Waals surface area contributed by atoms with E-state index < -0.39 is 5.97 Å². The zero-order chi connectivity index (χ0) is 13.6. The lowest BCUT2D eigenvalue weighted by molar-refractivity contribution is -0.142. The number of ether oxygens (including phenoxy) is 1. The van der Waals surface area contributed by atoms with Crippen LogP contribution in [0.3, 0.4) is 0 Å². The number of rotatable bonds is 4. The van der Waals surface area contributed by atoms with E-state index in [-0.39, 0.29) is 29.9 Å². The first-order valence-electron chi connectivity index (χ1n) is 7.26. The highest BCUT2D eigenvalue weighted by Crippen LogP contribution is 2.55. The van der Waals surface area contributed by atoms with Crippen molar-refractivity contribution in [3.63, 3.8) is 0 Å². The van der Waals surface area contributed by atoms with Crippen LogP contribution in [0.5, 0.6) is 0 Å². The second-order valence-electron chi connectivity index (χ2n) is 6.07. The average Bonchev–Trinajstić information content (AvgIpc) is 2.86. The molecule has 2 aliphatic carbocycles. The number of carbonyl (C=O) groups is 2. The zero-order valence-corrected chi connectivity index (χ0v) is 11.2. The molecule has 19 heavy (non-hydrogen) atoms. The zero-order valence-electron chi connectivity index (χ0n) is 11.2. The Bertz CT molecular complexity index is 397. The summed E-state index contributed by atoms with van der Waals surface area (Å²) in [6, 6.07) is 0.0664. The van der Waals surface area contributed by atoms with E-state index in [0.29, 0.717) is 24.9 Å². The Morgan fingerprint density at radius 3 is 2.68 bits per heavy atom. The molecule has 0 bridgehead atoms. The van der Waals surface area contributed by atoms with Crippen LogP contribution in [0.2, 0.25) is 0 Å². The van der Waals surface area contributed by atoms with Gasteiger partial charge in [0, 0.05) is 12.6 Å². The highest BCUT2D eigenvalue weighted by atomic mass is 16.5. The predicted molar refractivity (Wildman–Crippen MR) is 67.4 cm³/mol. The molecule has 1 heterocycles. The van der Waals surface area contributed by atoms with E-state index >= 15 is 0 Å². The van der Waals surface area contributed by atoms with Gasteiger partial charge in [0.2, 0.25) is 5.91 Å². The number of fused-ring (bicyclic) bond motifs is 1. The molecular formula is C14H21NO4. The van der Waals surface area contributed by atoms with Gasteiger partial charge in [-0.3, -0.25) is 9.59 Å². The van der Waals surface area contributed by atoms with Crippen LogP contribution >= 0.6 is 0 Å². The fourth-order valence-corrected chi connectivity index (χ4v) is 3.87. The molecule has 1 saturated heterocycles. The smallest absolute Gasteiger partial charge is 0.306 e. The summed E-state index contributed by atoms with van der Waals surface area (Å²) in [4.78, 5) is 23.4. The molecule has 2 saturated carbocycles. The number of carboxylic acids is 1. The van der Waals surface area contributed by atoms with Gasteiger partial charge in [-0.2, -0.15) is 0 Å². The van der Waals surface area contributed by atoms with Gasteiger partial charge >= 0.3 is 5.97 Å². The molecule has 5 nitrogen and oxygen atoms in total. The van der Waals surface area contributed by atoms with Crippen molar-refractivity contribution in [3.8, 4) is 0 Å². The van der Waals surface area contributed by atoms with E-state index in [1.165, 1.54) is 0 Å². The summed E-state index contributed by atoms with van der Waals surface area (Å²) in [5, 5.41) is 12.2. The van der Waals surface area contributed by atoms with Gasteiger partial charge in [0.15, 0.2) is 0 Å². The first-order chi connectivity index (χ1) is 9.11. The molecule has 106 valence electrons. The number of amides is 1. The summed E-state index contributed by atoms with van der Waals surface area (Å²) in [7, 11) is 0. The lowest BCUT2D eigenvalue weighted by Crippen LogP contribution is -2.42. The number of hydrogen-bond donors (Lipinski definition) is 2. The summed E-state index contributed by atoms with van der Waals surface area (Å²) in [5.41, 5.74) is 0. The number of carboxylic acid groups (broad SMARTS) is 1. The molecule has 0 aromatic heterocycles. The van der Waals surface area contributed by atoms with Gasteiger partial charge in [-0.1, -0.05) is 6.92 Å². The number of nitrogens with one attached hydrogen (secondary N) is 1. The lowest BCUT2D eigenvalue weighted by atomic mass is 9.97. The number of carbonyl (C=O) groups excluding carboxylic acids is 1. The summed E-state index contributed by atoms with van der Waals surface area (Å²) in [5.74, 6) is -0.258. The van der Waals surface area contributed by atoms with Crippen molar-refractivity contribution >= 4 is 11.9 Å². The molecule has 0 aromatic rings. The molecular weight excluding hydrogens is 246 g/mol. The Balaban J connectivity index is 1.58. The van der Waals surface area contributed by atoms with Gasteiger partial charge in [0.25, 0.3) is 0 Å². The quantitative estimate of drug-likeness (QED) is 0.797. The maximum absolute atomic E-state index is 12.3. The van der Waals surface area contributed by atoms with Crippen molar-refractivity contribution in [2.24, 2.45) is 23.7 Å².